The maximum absolute atomic E-state index is 12.0. The van der Waals surface area contributed by atoms with Gasteiger partial charge >= 0.3 is 0 Å². The predicted octanol–water partition coefficient (Wildman–Crippen LogP) is 3.57. The third-order valence-corrected chi connectivity index (χ3v) is 4.14. The van der Waals surface area contributed by atoms with E-state index < -0.39 is 0 Å². The van der Waals surface area contributed by atoms with Crippen LogP contribution in [0.3, 0.4) is 0 Å². The van der Waals surface area contributed by atoms with Crippen molar-refractivity contribution in [2.24, 2.45) is 4.99 Å². The smallest absolute Gasteiger partial charge is 0.253 e. The van der Waals surface area contributed by atoms with Gasteiger partial charge in [0.15, 0.2) is 5.96 Å². The van der Waals surface area contributed by atoms with Crippen LogP contribution in [-0.2, 0) is 13.0 Å². The van der Waals surface area contributed by atoms with Crippen LogP contribution in [0.2, 0.25) is 5.02 Å². The molecule has 5 nitrogen and oxygen atoms in total. The molecule has 27 heavy (non-hydrogen) atoms. The van der Waals surface area contributed by atoms with Crippen molar-refractivity contribution < 1.29 is 4.79 Å². The monoisotopic (exact) mass is 500 g/mol. The van der Waals surface area contributed by atoms with E-state index >= 15 is 0 Å². The van der Waals surface area contributed by atoms with Crippen LogP contribution >= 0.6 is 35.6 Å². The molecular formula is C20H26ClIN4O. The number of rotatable bonds is 6. The van der Waals surface area contributed by atoms with Crippen molar-refractivity contribution in [1.29, 1.82) is 0 Å². The average molecular weight is 501 g/mol. The Morgan fingerprint density at radius 1 is 1.07 bits per heavy atom. The number of nitrogens with one attached hydrogen (secondary N) is 2. The fourth-order valence-electron chi connectivity index (χ4n) is 2.45. The lowest BCUT2D eigenvalue weighted by molar-refractivity contribution is 0.0827. The summed E-state index contributed by atoms with van der Waals surface area (Å²) in [5, 5.41) is 7.29. The SMILES string of the molecule is CN=C(NCCc1cccc(C(=O)N(C)C)c1)NCc1ccc(Cl)cc1.I. The number of amides is 1. The highest BCUT2D eigenvalue weighted by Crippen LogP contribution is 2.09. The molecule has 7 heteroatoms. The van der Waals surface area contributed by atoms with Gasteiger partial charge in [-0.05, 0) is 41.8 Å². The van der Waals surface area contributed by atoms with Crippen LogP contribution in [0.15, 0.2) is 53.5 Å². The summed E-state index contributed by atoms with van der Waals surface area (Å²) in [4.78, 5) is 17.9. The zero-order valence-corrected chi connectivity index (χ0v) is 18.9. The highest BCUT2D eigenvalue weighted by Gasteiger charge is 2.08. The fourth-order valence-corrected chi connectivity index (χ4v) is 2.58. The third-order valence-electron chi connectivity index (χ3n) is 3.88. The van der Waals surface area contributed by atoms with E-state index in [2.05, 4.69) is 15.6 Å². The number of halogens is 2. The van der Waals surface area contributed by atoms with Crippen LogP contribution in [0.1, 0.15) is 21.5 Å². The minimum absolute atomic E-state index is 0. The quantitative estimate of drug-likeness (QED) is 0.362. The minimum Gasteiger partial charge on any atom is -0.356 e. The second kappa shape index (κ2) is 11.8. The van der Waals surface area contributed by atoms with Gasteiger partial charge in [-0.25, -0.2) is 0 Å². The standard InChI is InChI=1S/C20H25ClN4O.HI/c1-22-20(24-14-16-7-9-18(21)10-8-16)23-12-11-15-5-4-6-17(13-15)19(26)25(2)3;/h4-10,13H,11-12,14H2,1-3H3,(H2,22,23,24);1H. The van der Waals surface area contributed by atoms with Crippen molar-refractivity contribution in [2.45, 2.75) is 13.0 Å². The lowest BCUT2D eigenvalue weighted by Crippen LogP contribution is -2.37. The van der Waals surface area contributed by atoms with Gasteiger partial charge in [0.25, 0.3) is 5.91 Å². The number of aliphatic imine (C=N–C) groups is 1. The Bertz CT molecular complexity index is 763. The van der Waals surface area contributed by atoms with Gasteiger partial charge in [-0.1, -0.05) is 35.9 Å². The molecular weight excluding hydrogens is 475 g/mol. The molecule has 2 aromatic rings. The van der Waals surface area contributed by atoms with Crippen molar-refractivity contribution in [3.8, 4) is 0 Å². The summed E-state index contributed by atoms with van der Waals surface area (Å²) < 4.78 is 0. The maximum Gasteiger partial charge on any atom is 0.253 e. The van der Waals surface area contributed by atoms with Gasteiger partial charge < -0.3 is 15.5 Å². The molecule has 0 bridgehead atoms. The molecule has 0 heterocycles. The Hall–Kier alpha value is -1.80. The van der Waals surface area contributed by atoms with Gasteiger partial charge in [-0.3, -0.25) is 9.79 Å². The Morgan fingerprint density at radius 2 is 1.78 bits per heavy atom. The molecule has 0 unspecified atom stereocenters. The van der Waals surface area contributed by atoms with E-state index in [1.807, 2.05) is 48.5 Å². The van der Waals surface area contributed by atoms with E-state index in [9.17, 15) is 4.79 Å². The van der Waals surface area contributed by atoms with Gasteiger partial charge in [0.05, 0.1) is 0 Å². The van der Waals surface area contributed by atoms with E-state index in [0.29, 0.717) is 12.1 Å². The molecule has 1 amide bonds. The summed E-state index contributed by atoms with van der Waals surface area (Å²) in [6, 6.07) is 15.4. The van der Waals surface area contributed by atoms with Crippen molar-refractivity contribution >= 4 is 47.4 Å². The summed E-state index contributed by atoms with van der Waals surface area (Å²) in [6.45, 7) is 1.39. The van der Waals surface area contributed by atoms with Gasteiger partial charge in [0.2, 0.25) is 0 Å². The predicted molar refractivity (Wildman–Crippen MR) is 123 cm³/mol. The van der Waals surface area contributed by atoms with E-state index in [4.69, 9.17) is 11.6 Å². The lowest BCUT2D eigenvalue weighted by Gasteiger charge is -2.13. The lowest BCUT2D eigenvalue weighted by atomic mass is 10.1. The first-order chi connectivity index (χ1) is 12.5. The highest BCUT2D eigenvalue weighted by molar-refractivity contribution is 14.0. The Balaban J connectivity index is 0.00000364. The number of guanidine groups is 1. The molecule has 2 aromatic carbocycles. The summed E-state index contributed by atoms with van der Waals surface area (Å²) in [5.41, 5.74) is 2.95. The second-order valence-corrected chi connectivity index (χ2v) is 6.57. The molecule has 0 fully saturated rings. The van der Waals surface area contributed by atoms with Crippen LogP contribution in [0.25, 0.3) is 0 Å². The largest absolute Gasteiger partial charge is 0.356 e. The Labute approximate surface area is 183 Å². The van der Waals surface area contributed by atoms with E-state index in [1.165, 1.54) is 0 Å². The number of hydrogen-bond donors (Lipinski definition) is 2. The number of nitrogens with zero attached hydrogens (tertiary/aromatic N) is 2. The molecule has 0 atom stereocenters. The number of carbonyl (C=O) groups is 1. The molecule has 0 aromatic heterocycles. The van der Waals surface area contributed by atoms with Gasteiger partial charge in [-0.2, -0.15) is 0 Å². The summed E-state index contributed by atoms with van der Waals surface area (Å²) in [5.74, 6) is 0.751. The molecule has 2 rings (SSSR count). The van der Waals surface area contributed by atoms with Crippen LogP contribution < -0.4 is 10.6 Å². The third kappa shape index (κ3) is 7.76. The Kier molecular flexibility index (Phi) is 10.2. The van der Waals surface area contributed by atoms with E-state index in [1.54, 1.807) is 26.0 Å². The molecule has 146 valence electrons. The van der Waals surface area contributed by atoms with Crippen LogP contribution in [-0.4, -0.2) is 44.5 Å². The molecule has 0 aliphatic carbocycles. The number of carbonyl (C=O) groups excluding carboxylic acids is 1. The topological polar surface area (TPSA) is 56.7 Å². The number of benzene rings is 2. The van der Waals surface area contributed by atoms with E-state index in [-0.39, 0.29) is 29.9 Å². The van der Waals surface area contributed by atoms with Crippen molar-refractivity contribution in [2.75, 3.05) is 27.7 Å². The second-order valence-electron chi connectivity index (χ2n) is 6.13. The van der Waals surface area contributed by atoms with Crippen molar-refractivity contribution in [1.82, 2.24) is 15.5 Å². The minimum atomic E-state index is 0. The van der Waals surface area contributed by atoms with Crippen LogP contribution in [0.4, 0.5) is 0 Å². The molecule has 0 saturated carbocycles. The zero-order valence-electron chi connectivity index (χ0n) is 15.8. The van der Waals surface area contributed by atoms with Crippen molar-refractivity contribution in [3.05, 3.63) is 70.2 Å². The average Bonchev–Trinajstić information content (AvgIpc) is 2.65. The highest BCUT2D eigenvalue weighted by atomic mass is 127. The van der Waals surface area contributed by atoms with Crippen LogP contribution in [0, 0.1) is 0 Å². The first kappa shape index (κ1) is 23.2. The molecule has 0 aliphatic heterocycles. The van der Waals surface area contributed by atoms with Gasteiger partial charge in [0.1, 0.15) is 0 Å². The first-order valence-electron chi connectivity index (χ1n) is 8.49. The molecule has 0 aliphatic rings. The van der Waals surface area contributed by atoms with Crippen LogP contribution in [0.5, 0.6) is 0 Å². The van der Waals surface area contributed by atoms with Gasteiger partial charge in [0, 0.05) is 44.8 Å². The summed E-state index contributed by atoms with van der Waals surface area (Å²) in [7, 11) is 5.26. The zero-order chi connectivity index (χ0) is 18.9. The first-order valence-corrected chi connectivity index (χ1v) is 8.87. The fraction of sp³-hybridized carbons (Fsp3) is 0.300. The molecule has 0 radical (unpaired) electrons. The van der Waals surface area contributed by atoms with E-state index in [0.717, 1.165) is 35.1 Å². The maximum atomic E-state index is 12.0. The normalized spacial score (nSPS) is 10.7. The van der Waals surface area contributed by atoms with Crippen molar-refractivity contribution in [3.63, 3.8) is 0 Å². The molecule has 2 N–H and O–H groups in total. The summed E-state index contributed by atoms with van der Waals surface area (Å²) >= 11 is 5.90. The molecule has 0 spiro atoms. The molecule has 0 saturated heterocycles. The van der Waals surface area contributed by atoms with Gasteiger partial charge in [-0.15, -0.1) is 24.0 Å². The number of hydrogen-bond acceptors (Lipinski definition) is 2. The summed E-state index contributed by atoms with van der Waals surface area (Å²) in [6.07, 6.45) is 0.802. The Morgan fingerprint density at radius 3 is 2.41 bits per heavy atom.